The molecular formula is C20H36N4O7S. The lowest BCUT2D eigenvalue weighted by Crippen LogP contribution is -2.58. The van der Waals surface area contributed by atoms with E-state index >= 15 is 0 Å². The number of carbonyl (C=O) groups is 5. The average molecular weight is 477 g/mol. The lowest BCUT2D eigenvalue weighted by Gasteiger charge is -2.26. The van der Waals surface area contributed by atoms with Crippen molar-refractivity contribution in [2.75, 3.05) is 12.0 Å². The highest BCUT2D eigenvalue weighted by atomic mass is 32.2. The Morgan fingerprint density at radius 3 is 1.78 bits per heavy atom. The number of nitrogens with two attached hydrogens (primary N) is 1. The molecule has 0 fully saturated rings. The van der Waals surface area contributed by atoms with Crippen LogP contribution in [0.4, 0.5) is 0 Å². The molecule has 0 aliphatic carbocycles. The van der Waals surface area contributed by atoms with Crippen molar-refractivity contribution >= 4 is 41.4 Å². The van der Waals surface area contributed by atoms with Gasteiger partial charge in [0.2, 0.25) is 17.7 Å². The highest BCUT2D eigenvalue weighted by Gasteiger charge is 2.31. The van der Waals surface area contributed by atoms with Gasteiger partial charge in [0.05, 0.1) is 12.5 Å². The molecule has 0 heterocycles. The van der Waals surface area contributed by atoms with Gasteiger partial charge >= 0.3 is 11.9 Å². The Balaban J connectivity index is 5.49. The molecule has 7 N–H and O–H groups in total. The van der Waals surface area contributed by atoms with Crippen molar-refractivity contribution < 1.29 is 34.2 Å². The summed E-state index contributed by atoms with van der Waals surface area (Å²) < 4.78 is 0. The van der Waals surface area contributed by atoms with Crippen LogP contribution in [0.1, 0.15) is 47.0 Å². The highest BCUT2D eigenvalue weighted by molar-refractivity contribution is 7.98. The maximum Gasteiger partial charge on any atom is 0.326 e. The van der Waals surface area contributed by atoms with Gasteiger partial charge in [-0.05, 0) is 36.7 Å². The van der Waals surface area contributed by atoms with Gasteiger partial charge < -0.3 is 31.9 Å². The molecule has 0 spiro atoms. The summed E-state index contributed by atoms with van der Waals surface area (Å²) in [6, 6.07) is -4.48. The molecule has 184 valence electrons. The number of carbonyl (C=O) groups excluding carboxylic acids is 3. The van der Waals surface area contributed by atoms with Gasteiger partial charge in [-0.25, -0.2) is 4.79 Å². The maximum atomic E-state index is 12.9. The van der Waals surface area contributed by atoms with Crippen molar-refractivity contribution in [1.82, 2.24) is 16.0 Å². The van der Waals surface area contributed by atoms with Gasteiger partial charge in [-0.15, -0.1) is 0 Å². The van der Waals surface area contributed by atoms with Gasteiger partial charge in [-0.2, -0.15) is 11.8 Å². The number of aliphatic carboxylic acids is 2. The quantitative estimate of drug-likeness (QED) is 0.186. The van der Waals surface area contributed by atoms with Crippen LogP contribution in [0.15, 0.2) is 0 Å². The van der Waals surface area contributed by atoms with Crippen LogP contribution >= 0.6 is 11.8 Å². The number of rotatable bonds is 15. The van der Waals surface area contributed by atoms with Crippen LogP contribution in [0.25, 0.3) is 0 Å². The van der Waals surface area contributed by atoms with Gasteiger partial charge in [-0.3, -0.25) is 19.2 Å². The molecule has 11 nitrogen and oxygen atoms in total. The minimum absolute atomic E-state index is 0.0394. The van der Waals surface area contributed by atoms with E-state index in [9.17, 15) is 29.1 Å². The van der Waals surface area contributed by atoms with Gasteiger partial charge in [0.15, 0.2) is 0 Å². The molecule has 0 radical (unpaired) electrons. The topological polar surface area (TPSA) is 188 Å². The van der Waals surface area contributed by atoms with E-state index in [2.05, 4.69) is 16.0 Å². The lowest BCUT2D eigenvalue weighted by atomic mass is 10.0. The predicted molar refractivity (Wildman–Crippen MR) is 121 cm³/mol. The third-order valence-electron chi connectivity index (χ3n) is 4.60. The summed E-state index contributed by atoms with van der Waals surface area (Å²) in [5.74, 6) is -4.40. The second-order valence-electron chi connectivity index (χ2n) is 8.30. The van der Waals surface area contributed by atoms with Crippen LogP contribution in [-0.4, -0.2) is 76.0 Å². The summed E-state index contributed by atoms with van der Waals surface area (Å²) in [4.78, 5) is 60.1. The number of hydrogen-bond donors (Lipinski definition) is 6. The van der Waals surface area contributed by atoms with Crippen LogP contribution in [0.5, 0.6) is 0 Å². The normalized spacial score (nSPS) is 14.9. The molecule has 12 heteroatoms. The number of carboxylic acid groups (broad SMARTS) is 2. The fraction of sp³-hybridized carbons (Fsp3) is 0.750. The Morgan fingerprint density at radius 2 is 1.34 bits per heavy atom. The second-order valence-corrected chi connectivity index (χ2v) is 9.29. The summed E-state index contributed by atoms with van der Waals surface area (Å²) in [6.45, 7) is 7.18. The number of thioether (sulfide) groups is 1. The lowest BCUT2D eigenvalue weighted by molar-refractivity contribution is -0.147. The van der Waals surface area contributed by atoms with Crippen LogP contribution in [-0.2, 0) is 24.0 Å². The summed E-state index contributed by atoms with van der Waals surface area (Å²) in [6.07, 6.45) is 1.53. The molecule has 0 aromatic heterocycles. The Hall–Kier alpha value is -2.34. The molecule has 4 atom stereocenters. The highest BCUT2D eigenvalue weighted by Crippen LogP contribution is 2.09. The maximum absolute atomic E-state index is 12.9. The molecule has 0 rings (SSSR count). The van der Waals surface area contributed by atoms with Crippen molar-refractivity contribution in [3.63, 3.8) is 0 Å². The van der Waals surface area contributed by atoms with Gasteiger partial charge in [0.1, 0.15) is 18.1 Å². The van der Waals surface area contributed by atoms with E-state index in [1.54, 1.807) is 13.8 Å². The van der Waals surface area contributed by atoms with Crippen LogP contribution in [0, 0.1) is 11.8 Å². The Kier molecular flexibility index (Phi) is 13.6. The van der Waals surface area contributed by atoms with E-state index in [4.69, 9.17) is 10.8 Å². The molecule has 4 unspecified atom stereocenters. The van der Waals surface area contributed by atoms with Gasteiger partial charge in [-0.1, -0.05) is 27.7 Å². The molecule has 32 heavy (non-hydrogen) atoms. The first kappa shape index (κ1) is 29.7. The Bertz CT molecular complexity index is 672. The largest absolute Gasteiger partial charge is 0.481 e. The summed E-state index contributed by atoms with van der Waals surface area (Å²) >= 11 is 1.48. The van der Waals surface area contributed by atoms with E-state index < -0.39 is 60.2 Å². The zero-order chi connectivity index (χ0) is 25.0. The van der Waals surface area contributed by atoms with Crippen molar-refractivity contribution in [2.45, 2.75) is 71.1 Å². The van der Waals surface area contributed by atoms with Crippen molar-refractivity contribution in [2.24, 2.45) is 17.6 Å². The average Bonchev–Trinajstić information content (AvgIpc) is 2.68. The van der Waals surface area contributed by atoms with Gasteiger partial charge in [0, 0.05) is 0 Å². The zero-order valence-corrected chi connectivity index (χ0v) is 20.0. The molecule has 0 saturated heterocycles. The zero-order valence-electron chi connectivity index (χ0n) is 19.2. The molecule has 0 aliphatic rings. The van der Waals surface area contributed by atoms with Crippen molar-refractivity contribution in [3.05, 3.63) is 0 Å². The number of amides is 3. The molecule has 3 amide bonds. The minimum Gasteiger partial charge on any atom is -0.481 e. The summed E-state index contributed by atoms with van der Waals surface area (Å²) in [7, 11) is 0. The van der Waals surface area contributed by atoms with E-state index in [0.29, 0.717) is 12.2 Å². The van der Waals surface area contributed by atoms with Gasteiger partial charge in [0.25, 0.3) is 0 Å². The first-order valence-corrected chi connectivity index (χ1v) is 11.8. The summed E-state index contributed by atoms with van der Waals surface area (Å²) in [5.41, 5.74) is 5.86. The SMILES string of the molecule is CSCCC(NC(=O)C(N)C(C)C)C(=O)NC(CC(C)C)C(=O)NC(CC(=O)O)C(=O)O. The van der Waals surface area contributed by atoms with Crippen molar-refractivity contribution in [1.29, 1.82) is 0 Å². The smallest absolute Gasteiger partial charge is 0.326 e. The predicted octanol–water partition coefficient (Wildman–Crippen LogP) is -0.217. The van der Waals surface area contributed by atoms with Crippen LogP contribution in [0.3, 0.4) is 0 Å². The van der Waals surface area contributed by atoms with E-state index in [-0.39, 0.29) is 18.3 Å². The molecule has 0 aromatic carbocycles. The fourth-order valence-corrected chi connectivity index (χ4v) is 3.17. The first-order valence-electron chi connectivity index (χ1n) is 10.4. The van der Waals surface area contributed by atoms with Crippen LogP contribution < -0.4 is 21.7 Å². The monoisotopic (exact) mass is 476 g/mol. The number of carboxylic acids is 2. The molecule has 0 bridgehead atoms. The van der Waals surface area contributed by atoms with Crippen LogP contribution in [0.2, 0.25) is 0 Å². The molecular weight excluding hydrogens is 440 g/mol. The Morgan fingerprint density at radius 1 is 0.844 bits per heavy atom. The fourth-order valence-electron chi connectivity index (χ4n) is 2.70. The molecule has 0 aliphatic heterocycles. The van der Waals surface area contributed by atoms with E-state index in [0.717, 1.165) is 0 Å². The minimum atomic E-state index is -1.64. The van der Waals surface area contributed by atoms with E-state index in [1.165, 1.54) is 11.8 Å². The standard InChI is InChI=1S/C20H36N4O7S/c1-10(2)8-13(18(28)24-14(20(30)31)9-15(25)26)23-17(27)12(6-7-32-5)22-19(29)16(21)11(3)4/h10-14,16H,6-9,21H2,1-5H3,(H,22,29)(H,23,27)(H,24,28)(H,25,26)(H,30,31). The van der Waals surface area contributed by atoms with Crippen molar-refractivity contribution in [3.8, 4) is 0 Å². The molecule has 0 aromatic rings. The number of nitrogens with one attached hydrogen (secondary N) is 3. The second kappa shape index (κ2) is 14.7. The number of hydrogen-bond acceptors (Lipinski definition) is 7. The third kappa shape index (κ3) is 11.3. The summed E-state index contributed by atoms with van der Waals surface area (Å²) in [5, 5.41) is 25.4. The Labute approximate surface area is 192 Å². The van der Waals surface area contributed by atoms with E-state index in [1.807, 2.05) is 20.1 Å². The first-order chi connectivity index (χ1) is 14.8. The molecule has 0 saturated carbocycles. The third-order valence-corrected chi connectivity index (χ3v) is 5.24.